The molecule has 0 aromatic carbocycles. The number of hydrogen-bond donors (Lipinski definition) is 2. The minimum Gasteiger partial charge on any atom is -0.382 e. The van der Waals surface area contributed by atoms with Gasteiger partial charge in [-0.1, -0.05) is 0 Å². The van der Waals surface area contributed by atoms with Crippen molar-refractivity contribution >= 4 is 0 Å². The van der Waals surface area contributed by atoms with Gasteiger partial charge < -0.3 is 10.1 Å². The number of rotatable bonds is 8. The molecule has 0 amide bonds. The average Bonchev–Trinajstić information content (AvgIpc) is 2.34. The van der Waals surface area contributed by atoms with E-state index in [1.807, 2.05) is 6.92 Å². The van der Waals surface area contributed by atoms with Crippen LogP contribution in [0.4, 0.5) is 0 Å². The fourth-order valence-corrected chi connectivity index (χ4v) is 1.55. The van der Waals surface area contributed by atoms with E-state index in [-0.39, 0.29) is 11.2 Å². The fourth-order valence-electron chi connectivity index (χ4n) is 1.55. The molecule has 18 heavy (non-hydrogen) atoms. The van der Waals surface area contributed by atoms with Gasteiger partial charge in [-0.25, -0.2) is 4.79 Å². The van der Waals surface area contributed by atoms with Crippen molar-refractivity contribution in [3.63, 3.8) is 0 Å². The molecule has 0 atom stereocenters. The fraction of sp³-hybridized carbons (Fsp3) is 0.667. The second-order valence-electron chi connectivity index (χ2n) is 4.07. The SMILES string of the molecule is CCOCCCNCCn1cc(C)c(=O)[nH]c1=O. The van der Waals surface area contributed by atoms with Crippen molar-refractivity contribution < 1.29 is 4.74 Å². The van der Waals surface area contributed by atoms with Gasteiger partial charge in [0.2, 0.25) is 0 Å². The Balaban J connectivity index is 2.30. The molecule has 0 spiro atoms. The Morgan fingerprint density at radius 1 is 1.39 bits per heavy atom. The Morgan fingerprint density at radius 2 is 2.17 bits per heavy atom. The third-order valence-electron chi connectivity index (χ3n) is 2.56. The van der Waals surface area contributed by atoms with Gasteiger partial charge in [0, 0.05) is 38.1 Å². The van der Waals surface area contributed by atoms with E-state index in [9.17, 15) is 9.59 Å². The number of ether oxygens (including phenoxy) is 1. The van der Waals surface area contributed by atoms with Gasteiger partial charge in [-0.2, -0.15) is 0 Å². The van der Waals surface area contributed by atoms with E-state index in [2.05, 4.69) is 10.3 Å². The van der Waals surface area contributed by atoms with Gasteiger partial charge in [-0.15, -0.1) is 0 Å². The van der Waals surface area contributed by atoms with Gasteiger partial charge in [0.15, 0.2) is 0 Å². The number of aromatic amines is 1. The zero-order valence-electron chi connectivity index (χ0n) is 11.0. The molecular weight excluding hydrogens is 234 g/mol. The van der Waals surface area contributed by atoms with Crippen LogP contribution in [-0.4, -0.2) is 35.9 Å². The normalized spacial score (nSPS) is 10.8. The van der Waals surface area contributed by atoms with Crippen LogP contribution in [0, 0.1) is 6.92 Å². The smallest absolute Gasteiger partial charge is 0.328 e. The Hall–Kier alpha value is -1.40. The van der Waals surface area contributed by atoms with E-state index in [1.54, 1.807) is 13.1 Å². The average molecular weight is 255 g/mol. The maximum Gasteiger partial charge on any atom is 0.328 e. The van der Waals surface area contributed by atoms with Crippen molar-refractivity contribution in [3.8, 4) is 0 Å². The van der Waals surface area contributed by atoms with E-state index in [0.29, 0.717) is 18.7 Å². The molecule has 6 nitrogen and oxygen atoms in total. The topological polar surface area (TPSA) is 76.1 Å². The summed E-state index contributed by atoms with van der Waals surface area (Å²) in [6, 6.07) is 0. The molecule has 2 N–H and O–H groups in total. The van der Waals surface area contributed by atoms with Crippen LogP contribution in [0.5, 0.6) is 0 Å². The number of nitrogens with one attached hydrogen (secondary N) is 2. The monoisotopic (exact) mass is 255 g/mol. The van der Waals surface area contributed by atoms with Gasteiger partial charge in [-0.05, 0) is 26.8 Å². The molecule has 0 aliphatic heterocycles. The molecule has 102 valence electrons. The molecule has 1 aromatic heterocycles. The van der Waals surface area contributed by atoms with Gasteiger partial charge >= 0.3 is 5.69 Å². The van der Waals surface area contributed by atoms with E-state index in [0.717, 1.165) is 26.2 Å². The van der Waals surface area contributed by atoms with Crippen LogP contribution in [0.3, 0.4) is 0 Å². The van der Waals surface area contributed by atoms with Crippen LogP contribution in [-0.2, 0) is 11.3 Å². The molecule has 0 radical (unpaired) electrons. The van der Waals surface area contributed by atoms with E-state index >= 15 is 0 Å². The summed E-state index contributed by atoms with van der Waals surface area (Å²) in [5.74, 6) is 0. The van der Waals surface area contributed by atoms with Crippen LogP contribution < -0.4 is 16.6 Å². The highest BCUT2D eigenvalue weighted by atomic mass is 16.5. The molecule has 0 aliphatic carbocycles. The summed E-state index contributed by atoms with van der Waals surface area (Å²) in [6.07, 6.45) is 2.54. The number of aryl methyl sites for hydroxylation is 1. The van der Waals surface area contributed by atoms with Gasteiger partial charge in [0.25, 0.3) is 5.56 Å². The Morgan fingerprint density at radius 3 is 2.89 bits per heavy atom. The third kappa shape index (κ3) is 4.85. The molecule has 0 bridgehead atoms. The van der Waals surface area contributed by atoms with Crippen LogP contribution in [0.15, 0.2) is 15.8 Å². The zero-order chi connectivity index (χ0) is 13.4. The first-order chi connectivity index (χ1) is 8.65. The second-order valence-corrected chi connectivity index (χ2v) is 4.07. The molecule has 0 unspecified atom stereocenters. The lowest BCUT2D eigenvalue weighted by atomic mass is 10.4. The second kappa shape index (κ2) is 7.84. The molecule has 0 saturated carbocycles. The Bertz CT molecular complexity index is 464. The summed E-state index contributed by atoms with van der Waals surface area (Å²) in [6.45, 7) is 7.25. The number of nitrogens with zero attached hydrogens (tertiary/aromatic N) is 1. The van der Waals surface area contributed by atoms with E-state index in [4.69, 9.17) is 4.74 Å². The predicted octanol–water partition coefficient (Wildman–Crippen LogP) is -0.139. The van der Waals surface area contributed by atoms with Crippen molar-refractivity contribution in [1.29, 1.82) is 0 Å². The van der Waals surface area contributed by atoms with Crippen molar-refractivity contribution in [3.05, 3.63) is 32.6 Å². The Labute approximate surface area is 106 Å². The van der Waals surface area contributed by atoms with E-state index in [1.165, 1.54) is 4.57 Å². The lowest BCUT2D eigenvalue weighted by Gasteiger charge is -2.07. The maximum absolute atomic E-state index is 11.5. The highest BCUT2D eigenvalue weighted by molar-refractivity contribution is 5.00. The molecule has 1 rings (SSSR count). The summed E-state index contributed by atoms with van der Waals surface area (Å²) in [7, 11) is 0. The summed E-state index contributed by atoms with van der Waals surface area (Å²) in [5.41, 5.74) is -0.131. The summed E-state index contributed by atoms with van der Waals surface area (Å²) >= 11 is 0. The van der Waals surface area contributed by atoms with Crippen LogP contribution in [0.25, 0.3) is 0 Å². The molecule has 1 aromatic rings. The molecule has 0 saturated heterocycles. The number of aromatic nitrogens is 2. The summed E-state index contributed by atoms with van der Waals surface area (Å²) < 4.78 is 6.72. The third-order valence-corrected chi connectivity index (χ3v) is 2.56. The Kier molecular flexibility index (Phi) is 6.38. The standard InChI is InChI=1S/C12H21N3O3/c1-3-18-8-4-5-13-6-7-15-9-10(2)11(16)14-12(15)17/h9,13H,3-8H2,1-2H3,(H,14,16,17). The first-order valence-corrected chi connectivity index (χ1v) is 6.24. The predicted molar refractivity (Wildman–Crippen MR) is 70.0 cm³/mol. The molecule has 1 heterocycles. The molecule has 6 heteroatoms. The minimum atomic E-state index is -0.360. The highest BCUT2D eigenvalue weighted by Gasteiger charge is 1.99. The number of hydrogen-bond acceptors (Lipinski definition) is 4. The van der Waals surface area contributed by atoms with Crippen molar-refractivity contribution in [2.45, 2.75) is 26.8 Å². The van der Waals surface area contributed by atoms with Gasteiger partial charge in [0.05, 0.1) is 0 Å². The van der Waals surface area contributed by atoms with Gasteiger partial charge in [-0.3, -0.25) is 14.3 Å². The quantitative estimate of drug-likeness (QED) is 0.634. The van der Waals surface area contributed by atoms with E-state index < -0.39 is 0 Å². The van der Waals surface area contributed by atoms with Crippen molar-refractivity contribution in [2.75, 3.05) is 26.3 Å². The minimum absolute atomic E-state index is 0.319. The molecule has 0 aliphatic rings. The lowest BCUT2D eigenvalue weighted by Crippen LogP contribution is -2.33. The lowest BCUT2D eigenvalue weighted by molar-refractivity contribution is 0.145. The van der Waals surface area contributed by atoms with Crippen LogP contribution >= 0.6 is 0 Å². The zero-order valence-corrected chi connectivity index (χ0v) is 11.0. The molecule has 0 fully saturated rings. The maximum atomic E-state index is 11.5. The highest BCUT2D eigenvalue weighted by Crippen LogP contribution is 1.84. The summed E-state index contributed by atoms with van der Waals surface area (Å²) in [4.78, 5) is 24.9. The van der Waals surface area contributed by atoms with Crippen LogP contribution in [0.1, 0.15) is 18.9 Å². The summed E-state index contributed by atoms with van der Waals surface area (Å²) in [5, 5.41) is 3.22. The first-order valence-electron chi connectivity index (χ1n) is 6.24. The first kappa shape index (κ1) is 14.7. The largest absolute Gasteiger partial charge is 0.382 e. The molecular formula is C12H21N3O3. The van der Waals surface area contributed by atoms with Crippen molar-refractivity contribution in [2.24, 2.45) is 0 Å². The van der Waals surface area contributed by atoms with Crippen LogP contribution in [0.2, 0.25) is 0 Å². The van der Waals surface area contributed by atoms with Gasteiger partial charge in [0.1, 0.15) is 0 Å². The number of H-pyrrole nitrogens is 1. The van der Waals surface area contributed by atoms with Crippen molar-refractivity contribution in [1.82, 2.24) is 14.9 Å².